The summed E-state index contributed by atoms with van der Waals surface area (Å²) in [5.74, 6) is -1.46. The lowest BCUT2D eigenvalue weighted by Gasteiger charge is -2.11. The number of nitro benzene ring substituents is 2. The number of amides is 1. The molecule has 0 spiro atoms. The van der Waals surface area contributed by atoms with Crippen molar-refractivity contribution in [2.45, 2.75) is 19.8 Å². The third-order valence-corrected chi connectivity index (χ3v) is 3.71. The molecule has 146 valence electrons. The second-order valence-corrected chi connectivity index (χ2v) is 5.74. The van der Waals surface area contributed by atoms with Gasteiger partial charge in [-0.05, 0) is 18.6 Å². The maximum absolute atomic E-state index is 12.5. The molecule has 10 heteroatoms. The number of hydrogen-bond acceptors (Lipinski definition) is 7. The molecule has 1 N–H and O–H groups in total. The van der Waals surface area contributed by atoms with Gasteiger partial charge in [0.25, 0.3) is 17.3 Å². The normalized spacial score (nSPS) is 10.2. The van der Waals surface area contributed by atoms with E-state index in [-0.39, 0.29) is 23.4 Å². The van der Waals surface area contributed by atoms with Crippen LogP contribution in [0.25, 0.3) is 0 Å². The zero-order chi connectivity index (χ0) is 20.7. The zero-order valence-corrected chi connectivity index (χ0v) is 14.9. The van der Waals surface area contributed by atoms with Gasteiger partial charge in [0.1, 0.15) is 0 Å². The predicted molar refractivity (Wildman–Crippen MR) is 99.3 cm³/mol. The molecule has 0 aliphatic carbocycles. The Balaban J connectivity index is 2.29. The van der Waals surface area contributed by atoms with E-state index in [1.54, 1.807) is 12.1 Å². The molecule has 0 aliphatic heterocycles. The first-order valence-electron chi connectivity index (χ1n) is 8.35. The number of rotatable bonds is 8. The molecule has 10 nitrogen and oxygen atoms in total. The van der Waals surface area contributed by atoms with Crippen LogP contribution in [0.15, 0.2) is 42.5 Å². The molecule has 0 aromatic heterocycles. The Morgan fingerprint density at radius 3 is 2.21 bits per heavy atom. The van der Waals surface area contributed by atoms with Crippen LogP contribution in [0.4, 0.5) is 17.1 Å². The van der Waals surface area contributed by atoms with E-state index in [4.69, 9.17) is 4.74 Å². The molecular weight excluding hydrogens is 370 g/mol. The molecule has 0 heterocycles. The Morgan fingerprint density at radius 2 is 1.64 bits per heavy atom. The van der Waals surface area contributed by atoms with Crippen molar-refractivity contribution in [3.05, 3.63) is 73.8 Å². The second-order valence-electron chi connectivity index (χ2n) is 5.74. The summed E-state index contributed by atoms with van der Waals surface area (Å²) in [4.78, 5) is 45.0. The highest BCUT2D eigenvalue weighted by atomic mass is 16.6. The lowest BCUT2D eigenvalue weighted by molar-refractivity contribution is -0.394. The molecule has 0 bridgehead atoms. The molecule has 2 aromatic rings. The minimum Gasteiger partial charge on any atom is -0.462 e. The molecule has 2 rings (SSSR count). The van der Waals surface area contributed by atoms with Crippen molar-refractivity contribution in [2.24, 2.45) is 0 Å². The summed E-state index contributed by atoms with van der Waals surface area (Å²) in [6.07, 6.45) is 1.54. The van der Waals surface area contributed by atoms with Crippen molar-refractivity contribution in [1.29, 1.82) is 0 Å². The fraction of sp³-hybridized carbons (Fsp3) is 0.222. The highest BCUT2D eigenvalue weighted by Gasteiger charge is 2.21. The van der Waals surface area contributed by atoms with Gasteiger partial charge in [-0.3, -0.25) is 25.0 Å². The number of esters is 1. The summed E-state index contributed by atoms with van der Waals surface area (Å²) >= 11 is 0. The predicted octanol–water partition coefficient (Wildman–Crippen LogP) is 3.71. The number of anilines is 1. The van der Waals surface area contributed by atoms with Crippen LogP contribution in [-0.4, -0.2) is 28.3 Å². The number of carbonyl (C=O) groups excluding carboxylic acids is 2. The van der Waals surface area contributed by atoms with Crippen LogP contribution in [0.3, 0.4) is 0 Å². The van der Waals surface area contributed by atoms with E-state index in [9.17, 15) is 29.8 Å². The highest BCUT2D eigenvalue weighted by molar-refractivity contribution is 6.08. The van der Waals surface area contributed by atoms with Gasteiger partial charge in [-0.2, -0.15) is 0 Å². The average Bonchev–Trinajstić information content (AvgIpc) is 2.68. The van der Waals surface area contributed by atoms with Gasteiger partial charge in [0.2, 0.25) is 0 Å². The third-order valence-electron chi connectivity index (χ3n) is 3.71. The monoisotopic (exact) mass is 387 g/mol. The van der Waals surface area contributed by atoms with Gasteiger partial charge >= 0.3 is 5.97 Å². The van der Waals surface area contributed by atoms with E-state index in [1.807, 2.05) is 6.92 Å². The van der Waals surface area contributed by atoms with Gasteiger partial charge in [0, 0.05) is 12.1 Å². The molecular formula is C18H17N3O7. The number of nitrogens with one attached hydrogen (secondary N) is 1. The van der Waals surface area contributed by atoms with Crippen LogP contribution in [0, 0.1) is 20.2 Å². The number of benzene rings is 2. The van der Waals surface area contributed by atoms with Crippen molar-refractivity contribution in [3.8, 4) is 0 Å². The van der Waals surface area contributed by atoms with Crippen molar-refractivity contribution < 1.29 is 24.2 Å². The maximum atomic E-state index is 12.5. The van der Waals surface area contributed by atoms with Crippen LogP contribution in [-0.2, 0) is 4.74 Å². The Kier molecular flexibility index (Phi) is 6.74. The third kappa shape index (κ3) is 5.10. The second kappa shape index (κ2) is 9.21. The van der Waals surface area contributed by atoms with Crippen LogP contribution >= 0.6 is 0 Å². The number of unbranched alkanes of at least 4 members (excludes halogenated alkanes) is 1. The van der Waals surface area contributed by atoms with Gasteiger partial charge in [-0.1, -0.05) is 25.5 Å². The standard InChI is InChI=1S/C18H17N3O7/c1-2-3-8-28-18(23)15-6-4-5-7-16(15)19-17(22)12-9-13(20(24)25)11-14(10-12)21(26)27/h4-7,9-11H,2-3,8H2,1H3,(H,19,22). The summed E-state index contributed by atoms with van der Waals surface area (Å²) in [5, 5.41) is 24.4. The number of non-ortho nitro benzene ring substituents is 2. The van der Waals surface area contributed by atoms with Crippen molar-refractivity contribution >= 4 is 28.9 Å². The Morgan fingerprint density at radius 1 is 1.04 bits per heavy atom. The lowest BCUT2D eigenvalue weighted by atomic mass is 10.1. The lowest BCUT2D eigenvalue weighted by Crippen LogP contribution is -2.16. The van der Waals surface area contributed by atoms with E-state index in [2.05, 4.69) is 5.32 Å². The molecule has 2 aromatic carbocycles. The number of nitro groups is 2. The molecule has 28 heavy (non-hydrogen) atoms. The fourth-order valence-electron chi connectivity index (χ4n) is 2.29. The van der Waals surface area contributed by atoms with Gasteiger partial charge in [0.15, 0.2) is 0 Å². The van der Waals surface area contributed by atoms with Gasteiger partial charge in [-0.25, -0.2) is 4.79 Å². The first kappa shape index (κ1) is 20.5. The first-order valence-corrected chi connectivity index (χ1v) is 8.35. The number of nitrogens with zero attached hydrogens (tertiary/aromatic N) is 2. The number of ether oxygens (including phenoxy) is 1. The van der Waals surface area contributed by atoms with Gasteiger partial charge < -0.3 is 10.1 Å². The molecule has 0 saturated carbocycles. The number of hydrogen-bond donors (Lipinski definition) is 1. The first-order chi connectivity index (χ1) is 13.3. The number of carbonyl (C=O) groups is 2. The largest absolute Gasteiger partial charge is 0.462 e. The fourth-order valence-corrected chi connectivity index (χ4v) is 2.29. The Hall–Kier alpha value is -3.82. The molecule has 0 fully saturated rings. The van der Waals surface area contributed by atoms with E-state index in [0.717, 1.165) is 24.6 Å². The molecule has 1 amide bonds. The minimum absolute atomic E-state index is 0.104. The smallest absolute Gasteiger partial charge is 0.340 e. The maximum Gasteiger partial charge on any atom is 0.340 e. The van der Waals surface area contributed by atoms with Crippen molar-refractivity contribution in [3.63, 3.8) is 0 Å². The van der Waals surface area contributed by atoms with E-state index in [0.29, 0.717) is 6.42 Å². The topological polar surface area (TPSA) is 142 Å². The molecule has 0 unspecified atom stereocenters. The minimum atomic E-state index is -0.833. The summed E-state index contributed by atoms with van der Waals surface area (Å²) in [5.41, 5.74) is -1.23. The molecule has 0 saturated heterocycles. The van der Waals surface area contributed by atoms with Crippen LogP contribution < -0.4 is 5.32 Å². The zero-order valence-electron chi connectivity index (χ0n) is 14.9. The SMILES string of the molecule is CCCCOC(=O)c1ccccc1NC(=O)c1cc([N+](=O)[O-])cc([N+](=O)[O-])c1. The Labute approximate surface area is 159 Å². The molecule has 0 aliphatic rings. The Bertz CT molecular complexity index is 895. The van der Waals surface area contributed by atoms with Crippen LogP contribution in [0.1, 0.15) is 40.5 Å². The quantitative estimate of drug-likeness (QED) is 0.315. The summed E-state index contributed by atoms with van der Waals surface area (Å²) in [7, 11) is 0. The van der Waals surface area contributed by atoms with E-state index >= 15 is 0 Å². The summed E-state index contributed by atoms with van der Waals surface area (Å²) in [6, 6.07) is 8.68. The summed E-state index contributed by atoms with van der Waals surface area (Å²) in [6.45, 7) is 2.18. The van der Waals surface area contributed by atoms with E-state index < -0.39 is 33.1 Å². The van der Waals surface area contributed by atoms with Gasteiger partial charge in [0.05, 0.1) is 39.3 Å². The average molecular weight is 387 g/mol. The molecule has 0 atom stereocenters. The van der Waals surface area contributed by atoms with Crippen molar-refractivity contribution in [1.82, 2.24) is 0 Å². The van der Waals surface area contributed by atoms with Crippen molar-refractivity contribution in [2.75, 3.05) is 11.9 Å². The van der Waals surface area contributed by atoms with Gasteiger partial charge in [-0.15, -0.1) is 0 Å². The number of para-hydroxylation sites is 1. The van der Waals surface area contributed by atoms with Crippen LogP contribution in [0.2, 0.25) is 0 Å². The van der Waals surface area contributed by atoms with Crippen LogP contribution in [0.5, 0.6) is 0 Å². The molecule has 0 radical (unpaired) electrons. The highest BCUT2D eigenvalue weighted by Crippen LogP contribution is 2.24. The summed E-state index contributed by atoms with van der Waals surface area (Å²) < 4.78 is 5.13. The van der Waals surface area contributed by atoms with E-state index in [1.165, 1.54) is 12.1 Å².